The van der Waals surface area contributed by atoms with Gasteiger partial charge < -0.3 is 20.9 Å². The summed E-state index contributed by atoms with van der Waals surface area (Å²) in [6.07, 6.45) is 1.59. The van der Waals surface area contributed by atoms with Crippen molar-refractivity contribution in [3.8, 4) is 11.3 Å². The van der Waals surface area contributed by atoms with Crippen LogP contribution in [0.5, 0.6) is 0 Å². The fraction of sp³-hybridized carbons (Fsp3) is 0.526. The van der Waals surface area contributed by atoms with Crippen molar-refractivity contribution >= 4 is 11.9 Å². The summed E-state index contributed by atoms with van der Waals surface area (Å²) >= 11 is 0. The van der Waals surface area contributed by atoms with E-state index in [-0.39, 0.29) is 23.6 Å². The van der Waals surface area contributed by atoms with Crippen molar-refractivity contribution in [1.29, 1.82) is 0 Å². The summed E-state index contributed by atoms with van der Waals surface area (Å²) in [4.78, 5) is 23.3. The van der Waals surface area contributed by atoms with Crippen LogP contribution in [0.2, 0.25) is 0 Å². The Morgan fingerprint density at radius 3 is 2.79 bits per heavy atom. The molecular weight excluding hydrogens is 385 g/mol. The van der Waals surface area contributed by atoms with Gasteiger partial charge in [-0.3, -0.25) is 4.79 Å². The molecule has 0 bridgehead atoms. The van der Waals surface area contributed by atoms with Crippen molar-refractivity contribution in [3.63, 3.8) is 0 Å². The first-order valence-corrected chi connectivity index (χ1v) is 9.84. The summed E-state index contributed by atoms with van der Waals surface area (Å²) < 4.78 is 41.1. The molecule has 4 N–H and O–H groups in total. The van der Waals surface area contributed by atoms with Gasteiger partial charge in [0.15, 0.2) is 0 Å². The van der Waals surface area contributed by atoms with Crippen molar-refractivity contribution < 1.29 is 18.0 Å². The molecule has 0 aliphatic carbocycles. The van der Waals surface area contributed by atoms with Gasteiger partial charge in [0, 0.05) is 37.1 Å². The number of hydrogen-bond donors (Lipinski definition) is 4. The number of alkyl halides is 3. The molecule has 29 heavy (non-hydrogen) atoms. The standard InChI is InChI=1S/C19H23F3N6O/c20-19(21,22)14-10-26-18(27-11-4-3-6-23-8-11)28-15(14)13-9-25-16-12(13)5-1-2-7-24-17(16)29/h9-11,23,25H,1-8H2,(H,24,29)(H,26,27,28)/t11-/m0/s1. The average Bonchev–Trinajstić information content (AvgIpc) is 3.09. The summed E-state index contributed by atoms with van der Waals surface area (Å²) in [5.74, 6) is -0.146. The molecule has 2 aromatic rings. The highest BCUT2D eigenvalue weighted by Crippen LogP contribution is 2.38. The number of aromatic nitrogens is 3. The van der Waals surface area contributed by atoms with Crippen LogP contribution in [-0.2, 0) is 12.6 Å². The van der Waals surface area contributed by atoms with Crippen LogP contribution in [0.1, 0.15) is 47.3 Å². The minimum absolute atomic E-state index is 0.0611. The fourth-order valence-electron chi connectivity index (χ4n) is 3.87. The molecule has 0 unspecified atom stereocenters. The maximum atomic E-state index is 13.7. The predicted molar refractivity (Wildman–Crippen MR) is 102 cm³/mol. The molecule has 2 aromatic heterocycles. The maximum absolute atomic E-state index is 13.7. The lowest BCUT2D eigenvalue weighted by Crippen LogP contribution is -2.38. The molecule has 10 heteroatoms. The van der Waals surface area contributed by atoms with E-state index in [0.717, 1.165) is 38.4 Å². The van der Waals surface area contributed by atoms with E-state index in [1.54, 1.807) is 0 Å². The zero-order valence-electron chi connectivity index (χ0n) is 15.8. The topological polar surface area (TPSA) is 94.7 Å². The largest absolute Gasteiger partial charge is 0.419 e. The highest BCUT2D eigenvalue weighted by atomic mass is 19.4. The number of amides is 1. The monoisotopic (exact) mass is 408 g/mol. The molecule has 1 fully saturated rings. The lowest BCUT2D eigenvalue weighted by Gasteiger charge is -2.24. The number of piperidine rings is 1. The van der Waals surface area contributed by atoms with Crippen LogP contribution in [-0.4, -0.2) is 46.5 Å². The fourth-order valence-corrected chi connectivity index (χ4v) is 3.87. The number of rotatable bonds is 3. The Bertz CT molecular complexity index is 889. The number of carbonyl (C=O) groups excluding carboxylic acids is 1. The van der Waals surface area contributed by atoms with Crippen molar-refractivity contribution in [2.75, 3.05) is 25.0 Å². The Balaban J connectivity index is 1.75. The Morgan fingerprint density at radius 2 is 2.03 bits per heavy atom. The smallest absolute Gasteiger partial charge is 0.356 e. The zero-order chi connectivity index (χ0) is 20.4. The number of anilines is 1. The van der Waals surface area contributed by atoms with Crippen molar-refractivity contribution in [2.24, 2.45) is 0 Å². The second-order valence-electron chi connectivity index (χ2n) is 7.41. The quantitative estimate of drug-likeness (QED) is 0.627. The van der Waals surface area contributed by atoms with Gasteiger partial charge in [0.25, 0.3) is 5.91 Å². The van der Waals surface area contributed by atoms with Gasteiger partial charge in [-0.05, 0) is 44.2 Å². The third kappa shape index (κ3) is 4.21. The third-order valence-corrected chi connectivity index (χ3v) is 5.33. The van der Waals surface area contributed by atoms with Gasteiger partial charge >= 0.3 is 6.18 Å². The highest BCUT2D eigenvalue weighted by Gasteiger charge is 2.37. The number of H-pyrrole nitrogens is 1. The summed E-state index contributed by atoms with van der Waals surface area (Å²) in [5.41, 5.74) is 0.0597. The van der Waals surface area contributed by atoms with Crippen molar-refractivity contribution in [2.45, 2.75) is 44.3 Å². The number of aromatic amines is 1. The van der Waals surface area contributed by atoms with Crippen molar-refractivity contribution in [1.82, 2.24) is 25.6 Å². The number of nitrogens with zero attached hydrogens (tertiary/aromatic N) is 2. The van der Waals surface area contributed by atoms with E-state index >= 15 is 0 Å². The normalized spacial score (nSPS) is 20.4. The Labute approximate surface area is 165 Å². The predicted octanol–water partition coefficient (Wildman–Crippen LogP) is 2.72. The second-order valence-corrected chi connectivity index (χ2v) is 7.41. The van der Waals surface area contributed by atoms with E-state index in [0.29, 0.717) is 36.3 Å². The van der Waals surface area contributed by atoms with Crippen LogP contribution in [0.3, 0.4) is 0 Å². The van der Waals surface area contributed by atoms with Crippen LogP contribution in [0.4, 0.5) is 19.1 Å². The van der Waals surface area contributed by atoms with E-state index in [1.165, 1.54) is 6.20 Å². The van der Waals surface area contributed by atoms with Gasteiger partial charge in [-0.15, -0.1) is 0 Å². The first-order chi connectivity index (χ1) is 13.9. The molecule has 4 heterocycles. The summed E-state index contributed by atoms with van der Waals surface area (Å²) in [5, 5.41) is 9.15. The van der Waals surface area contributed by atoms with Crippen LogP contribution in [0.25, 0.3) is 11.3 Å². The van der Waals surface area contributed by atoms with E-state index < -0.39 is 11.7 Å². The van der Waals surface area contributed by atoms with Gasteiger partial charge in [-0.1, -0.05) is 0 Å². The molecule has 1 amide bonds. The van der Waals surface area contributed by atoms with E-state index in [4.69, 9.17) is 0 Å². The highest BCUT2D eigenvalue weighted by molar-refractivity contribution is 5.96. The van der Waals surface area contributed by atoms with E-state index in [2.05, 4.69) is 30.9 Å². The molecule has 2 aliphatic heterocycles. The van der Waals surface area contributed by atoms with E-state index in [1.807, 2.05) is 0 Å². The summed E-state index contributed by atoms with van der Waals surface area (Å²) in [6, 6.07) is 0.0611. The molecule has 1 saturated heterocycles. The molecule has 2 aliphatic rings. The number of carbonyl (C=O) groups is 1. The Hall–Kier alpha value is -2.62. The number of hydrogen-bond acceptors (Lipinski definition) is 5. The summed E-state index contributed by atoms with van der Waals surface area (Å²) in [6.45, 7) is 2.19. The minimum atomic E-state index is -4.60. The summed E-state index contributed by atoms with van der Waals surface area (Å²) in [7, 11) is 0. The van der Waals surface area contributed by atoms with Crippen LogP contribution < -0.4 is 16.0 Å². The Kier molecular flexibility index (Phi) is 5.44. The average molecular weight is 408 g/mol. The third-order valence-electron chi connectivity index (χ3n) is 5.33. The van der Waals surface area contributed by atoms with Gasteiger partial charge in [0.1, 0.15) is 11.3 Å². The zero-order valence-corrected chi connectivity index (χ0v) is 15.8. The van der Waals surface area contributed by atoms with Gasteiger partial charge in [0.2, 0.25) is 5.95 Å². The van der Waals surface area contributed by atoms with Crippen molar-refractivity contribution in [3.05, 3.63) is 29.2 Å². The molecule has 0 radical (unpaired) electrons. The number of halogens is 3. The molecule has 0 spiro atoms. The minimum Gasteiger partial charge on any atom is -0.356 e. The molecular formula is C19H23F3N6O. The maximum Gasteiger partial charge on any atom is 0.419 e. The molecule has 1 atom stereocenters. The second kappa shape index (κ2) is 8.02. The molecule has 4 rings (SSSR count). The molecule has 156 valence electrons. The van der Waals surface area contributed by atoms with E-state index in [9.17, 15) is 18.0 Å². The first kappa shape index (κ1) is 19.7. The lowest BCUT2D eigenvalue weighted by atomic mass is 9.98. The number of nitrogens with one attached hydrogen (secondary N) is 4. The molecule has 0 aromatic carbocycles. The van der Waals surface area contributed by atoms with Crippen LogP contribution >= 0.6 is 0 Å². The van der Waals surface area contributed by atoms with Crippen LogP contribution in [0.15, 0.2) is 12.4 Å². The van der Waals surface area contributed by atoms with Crippen LogP contribution in [0, 0.1) is 0 Å². The lowest BCUT2D eigenvalue weighted by molar-refractivity contribution is -0.137. The Morgan fingerprint density at radius 1 is 1.17 bits per heavy atom. The van der Waals surface area contributed by atoms with Gasteiger partial charge in [0.05, 0.1) is 5.69 Å². The van der Waals surface area contributed by atoms with Gasteiger partial charge in [-0.2, -0.15) is 13.2 Å². The first-order valence-electron chi connectivity index (χ1n) is 9.84. The molecule has 7 nitrogen and oxygen atoms in total. The number of fused-ring (bicyclic) bond motifs is 1. The molecule has 0 saturated carbocycles. The van der Waals surface area contributed by atoms with Gasteiger partial charge in [-0.25, -0.2) is 9.97 Å². The SMILES string of the molecule is O=C1NCCCCc2c(-c3nc(N[C@H]4CCCNC4)ncc3C(F)(F)F)c[nH]c21.